The fraction of sp³-hybridized carbons (Fsp3) is 0.643. The summed E-state index contributed by atoms with van der Waals surface area (Å²) in [5, 5.41) is 0. The van der Waals surface area contributed by atoms with Crippen LogP contribution < -0.4 is 10.5 Å². The molecule has 3 heteroatoms. The van der Waals surface area contributed by atoms with Gasteiger partial charge in [0.25, 0.3) is 0 Å². The third-order valence-electron chi connectivity index (χ3n) is 3.45. The molecule has 2 atom stereocenters. The first kappa shape index (κ1) is 12.2. The van der Waals surface area contributed by atoms with Gasteiger partial charge in [-0.15, -0.1) is 0 Å². The van der Waals surface area contributed by atoms with Crippen LogP contribution in [0.25, 0.3) is 0 Å². The molecule has 1 saturated carbocycles. The summed E-state index contributed by atoms with van der Waals surface area (Å²) in [6.07, 6.45) is 7.14. The van der Waals surface area contributed by atoms with Crippen LogP contribution in [0, 0.1) is 11.3 Å². The SMILES string of the molecule is CC1CC(Oc2ccncc2N)CC(C)(C)C1. The standard InChI is InChI=1S/C14H22N2O/c1-10-6-11(8-14(2,3)7-10)17-13-4-5-16-9-12(13)15/h4-5,9-11H,6-8,15H2,1-3H3. The third kappa shape index (κ3) is 3.11. The van der Waals surface area contributed by atoms with E-state index in [-0.39, 0.29) is 6.10 Å². The van der Waals surface area contributed by atoms with E-state index < -0.39 is 0 Å². The van der Waals surface area contributed by atoms with Gasteiger partial charge in [-0.25, -0.2) is 0 Å². The molecule has 94 valence electrons. The summed E-state index contributed by atoms with van der Waals surface area (Å²) >= 11 is 0. The smallest absolute Gasteiger partial charge is 0.145 e. The van der Waals surface area contributed by atoms with Gasteiger partial charge in [0.2, 0.25) is 0 Å². The lowest BCUT2D eigenvalue weighted by Gasteiger charge is -2.38. The van der Waals surface area contributed by atoms with Crippen molar-refractivity contribution < 1.29 is 4.74 Å². The van der Waals surface area contributed by atoms with E-state index in [1.165, 1.54) is 6.42 Å². The Labute approximate surface area is 103 Å². The number of rotatable bonds is 2. The molecule has 3 nitrogen and oxygen atoms in total. The molecule has 0 spiro atoms. The Hall–Kier alpha value is -1.25. The normalized spacial score (nSPS) is 27.7. The number of hydrogen-bond acceptors (Lipinski definition) is 3. The first-order valence-corrected chi connectivity index (χ1v) is 6.32. The maximum Gasteiger partial charge on any atom is 0.145 e. The van der Waals surface area contributed by atoms with Crippen LogP contribution >= 0.6 is 0 Å². The van der Waals surface area contributed by atoms with E-state index in [0.717, 1.165) is 18.6 Å². The number of nitrogens with zero attached hydrogens (tertiary/aromatic N) is 1. The van der Waals surface area contributed by atoms with Crippen LogP contribution in [0.5, 0.6) is 5.75 Å². The molecule has 1 aromatic rings. The van der Waals surface area contributed by atoms with E-state index in [9.17, 15) is 0 Å². The molecule has 1 heterocycles. The molecule has 0 saturated heterocycles. The number of aromatic nitrogens is 1. The second-order valence-corrected chi connectivity index (χ2v) is 6.07. The molecule has 2 unspecified atom stereocenters. The van der Waals surface area contributed by atoms with Crippen molar-refractivity contribution in [3.05, 3.63) is 18.5 Å². The Kier molecular flexibility index (Phi) is 3.27. The molecule has 1 fully saturated rings. The lowest BCUT2D eigenvalue weighted by molar-refractivity contribution is 0.0567. The molecule has 2 rings (SSSR count). The van der Waals surface area contributed by atoms with Crippen LogP contribution in [0.2, 0.25) is 0 Å². The number of nitrogens with two attached hydrogens (primary N) is 1. The number of anilines is 1. The van der Waals surface area contributed by atoms with Gasteiger partial charge in [-0.05, 0) is 30.6 Å². The van der Waals surface area contributed by atoms with Gasteiger partial charge >= 0.3 is 0 Å². The second kappa shape index (κ2) is 4.55. The fourth-order valence-corrected chi connectivity index (χ4v) is 3.03. The van der Waals surface area contributed by atoms with Crippen LogP contribution in [0.1, 0.15) is 40.0 Å². The van der Waals surface area contributed by atoms with Gasteiger partial charge in [0, 0.05) is 12.3 Å². The summed E-state index contributed by atoms with van der Waals surface area (Å²) in [6, 6.07) is 1.85. The van der Waals surface area contributed by atoms with E-state index in [1.807, 2.05) is 6.07 Å². The highest BCUT2D eigenvalue weighted by atomic mass is 16.5. The second-order valence-electron chi connectivity index (χ2n) is 6.07. The van der Waals surface area contributed by atoms with Crippen molar-refractivity contribution in [1.29, 1.82) is 0 Å². The molecule has 17 heavy (non-hydrogen) atoms. The van der Waals surface area contributed by atoms with Crippen LogP contribution in [0.4, 0.5) is 5.69 Å². The Morgan fingerprint density at radius 3 is 2.82 bits per heavy atom. The maximum atomic E-state index is 6.03. The van der Waals surface area contributed by atoms with Crippen molar-refractivity contribution >= 4 is 5.69 Å². The van der Waals surface area contributed by atoms with Crippen LogP contribution in [-0.4, -0.2) is 11.1 Å². The predicted octanol–water partition coefficient (Wildman–Crippen LogP) is 3.26. The first-order chi connectivity index (χ1) is 7.96. The summed E-state index contributed by atoms with van der Waals surface area (Å²) in [5.74, 6) is 1.49. The number of nitrogen functional groups attached to an aromatic ring is 1. The Morgan fingerprint density at radius 1 is 1.41 bits per heavy atom. The molecular formula is C14H22N2O. The summed E-state index contributed by atoms with van der Waals surface area (Å²) < 4.78 is 6.03. The number of hydrogen-bond donors (Lipinski definition) is 1. The van der Waals surface area contributed by atoms with Crippen molar-refractivity contribution in [1.82, 2.24) is 4.98 Å². The number of pyridine rings is 1. The van der Waals surface area contributed by atoms with E-state index in [0.29, 0.717) is 17.0 Å². The highest BCUT2D eigenvalue weighted by Crippen LogP contribution is 2.40. The average molecular weight is 234 g/mol. The molecule has 1 aliphatic carbocycles. The minimum absolute atomic E-state index is 0.276. The van der Waals surface area contributed by atoms with E-state index in [1.54, 1.807) is 12.4 Å². The molecule has 1 aromatic heterocycles. The average Bonchev–Trinajstić information content (AvgIpc) is 2.18. The topological polar surface area (TPSA) is 48.1 Å². The fourth-order valence-electron chi connectivity index (χ4n) is 3.03. The molecule has 0 radical (unpaired) electrons. The van der Waals surface area contributed by atoms with Crippen molar-refractivity contribution in [2.75, 3.05) is 5.73 Å². The predicted molar refractivity (Wildman–Crippen MR) is 69.9 cm³/mol. The summed E-state index contributed by atoms with van der Waals surface area (Å²) in [7, 11) is 0. The zero-order chi connectivity index (χ0) is 12.5. The van der Waals surface area contributed by atoms with Gasteiger partial charge in [0.1, 0.15) is 5.75 Å². The molecule has 2 N–H and O–H groups in total. The van der Waals surface area contributed by atoms with Crippen molar-refractivity contribution in [2.45, 2.75) is 46.1 Å². The van der Waals surface area contributed by atoms with Gasteiger partial charge in [-0.3, -0.25) is 4.98 Å². The van der Waals surface area contributed by atoms with Crippen molar-refractivity contribution in [3.63, 3.8) is 0 Å². The largest absolute Gasteiger partial charge is 0.488 e. The molecule has 1 aliphatic rings. The quantitative estimate of drug-likeness (QED) is 0.854. The van der Waals surface area contributed by atoms with Crippen molar-refractivity contribution in [2.24, 2.45) is 11.3 Å². The number of ether oxygens (including phenoxy) is 1. The van der Waals surface area contributed by atoms with Crippen LogP contribution in [0.3, 0.4) is 0 Å². The molecular weight excluding hydrogens is 212 g/mol. The van der Waals surface area contributed by atoms with Gasteiger partial charge in [-0.1, -0.05) is 20.8 Å². The highest BCUT2D eigenvalue weighted by Gasteiger charge is 2.33. The Balaban J connectivity index is 2.06. The zero-order valence-electron chi connectivity index (χ0n) is 10.9. The minimum atomic E-state index is 0.276. The Bertz CT molecular complexity index is 390. The molecule has 0 bridgehead atoms. The van der Waals surface area contributed by atoms with Crippen molar-refractivity contribution in [3.8, 4) is 5.75 Å². The summed E-state index contributed by atoms with van der Waals surface area (Å²) in [5.41, 5.74) is 6.85. The van der Waals surface area contributed by atoms with Gasteiger partial charge < -0.3 is 10.5 Å². The monoisotopic (exact) mass is 234 g/mol. The minimum Gasteiger partial charge on any atom is -0.488 e. The Morgan fingerprint density at radius 2 is 2.18 bits per heavy atom. The summed E-state index contributed by atoms with van der Waals surface area (Å²) in [6.45, 7) is 6.93. The zero-order valence-corrected chi connectivity index (χ0v) is 10.9. The lowest BCUT2D eigenvalue weighted by Crippen LogP contribution is -2.34. The van der Waals surface area contributed by atoms with Crippen LogP contribution in [-0.2, 0) is 0 Å². The maximum absolute atomic E-state index is 6.03. The van der Waals surface area contributed by atoms with Gasteiger partial charge in [0.15, 0.2) is 0 Å². The molecule has 0 amide bonds. The first-order valence-electron chi connectivity index (χ1n) is 6.32. The van der Waals surface area contributed by atoms with E-state index in [2.05, 4.69) is 25.8 Å². The summed E-state index contributed by atoms with van der Waals surface area (Å²) in [4.78, 5) is 3.98. The van der Waals surface area contributed by atoms with E-state index >= 15 is 0 Å². The lowest BCUT2D eigenvalue weighted by atomic mass is 9.71. The molecule has 0 aromatic carbocycles. The van der Waals surface area contributed by atoms with E-state index in [4.69, 9.17) is 10.5 Å². The van der Waals surface area contributed by atoms with Gasteiger partial charge in [-0.2, -0.15) is 0 Å². The third-order valence-corrected chi connectivity index (χ3v) is 3.45. The molecule has 0 aliphatic heterocycles. The van der Waals surface area contributed by atoms with Gasteiger partial charge in [0.05, 0.1) is 18.0 Å². The van der Waals surface area contributed by atoms with Crippen LogP contribution in [0.15, 0.2) is 18.5 Å². The highest BCUT2D eigenvalue weighted by molar-refractivity contribution is 5.49.